The van der Waals surface area contributed by atoms with E-state index in [1.807, 2.05) is 44.2 Å². The molecule has 6 nitrogen and oxygen atoms in total. The number of hydrogen-bond donors (Lipinski definition) is 2. The summed E-state index contributed by atoms with van der Waals surface area (Å²) >= 11 is 6.07. The predicted molar refractivity (Wildman–Crippen MR) is 115 cm³/mol. The molecule has 2 aromatic carbocycles. The Bertz CT molecular complexity index is 920. The molecule has 0 aromatic heterocycles. The maximum Gasteiger partial charge on any atom is 0.241 e. The van der Waals surface area contributed by atoms with Crippen LogP contribution in [0.3, 0.4) is 0 Å². The van der Waals surface area contributed by atoms with Crippen molar-refractivity contribution in [1.29, 1.82) is 0 Å². The molecule has 2 rings (SSSR count). The van der Waals surface area contributed by atoms with E-state index in [-0.39, 0.29) is 21.9 Å². The van der Waals surface area contributed by atoms with Gasteiger partial charge in [-0.1, -0.05) is 41.9 Å². The average molecular weight is 439 g/mol. The number of aryl methyl sites for hydroxylation is 1. The Morgan fingerprint density at radius 3 is 2.45 bits per heavy atom. The van der Waals surface area contributed by atoms with Crippen LogP contribution in [0.5, 0.6) is 5.75 Å². The molecule has 2 N–H and O–H groups in total. The number of hydrogen-bond acceptors (Lipinski definition) is 4. The van der Waals surface area contributed by atoms with Crippen molar-refractivity contribution in [3.63, 3.8) is 0 Å². The molecule has 0 aliphatic heterocycles. The van der Waals surface area contributed by atoms with Crippen molar-refractivity contribution >= 4 is 27.5 Å². The molecule has 0 aliphatic carbocycles. The minimum absolute atomic E-state index is 0.0253. The third-order valence-corrected chi connectivity index (χ3v) is 6.17. The lowest BCUT2D eigenvalue weighted by Gasteiger charge is -2.19. The van der Waals surface area contributed by atoms with E-state index in [0.29, 0.717) is 12.4 Å². The minimum Gasteiger partial charge on any atom is -0.492 e. The van der Waals surface area contributed by atoms with Gasteiger partial charge in [-0.2, -0.15) is 4.72 Å². The minimum atomic E-state index is -3.90. The first-order valence-corrected chi connectivity index (χ1v) is 11.4. The van der Waals surface area contributed by atoms with Crippen LogP contribution in [-0.2, 0) is 21.2 Å². The second-order valence-electron chi connectivity index (χ2n) is 6.80. The molecule has 2 atom stereocenters. The van der Waals surface area contributed by atoms with Crippen molar-refractivity contribution in [3.05, 3.63) is 59.1 Å². The monoisotopic (exact) mass is 438 g/mol. The molecule has 0 unspecified atom stereocenters. The van der Waals surface area contributed by atoms with Crippen molar-refractivity contribution in [1.82, 2.24) is 10.0 Å². The molecule has 0 saturated carbocycles. The summed E-state index contributed by atoms with van der Waals surface area (Å²) in [5, 5.41) is 3.04. The summed E-state index contributed by atoms with van der Waals surface area (Å²) in [6.07, 6.45) is 1.58. The van der Waals surface area contributed by atoms with Gasteiger partial charge in [-0.05, 0) is 57.4 Å². The quantitative estimate of drug-likeness (QED) is 0.594. The highest BCUT2D eigenvalue weighted by atomic mass is 35.5. The highest BCUT2D eigenvalue weighted by molar-refractivity contribution is 7.89. The van der Waals surface area contributed by atoms with Crippen molar-refractivity contribution in [3.8, 4) is 5.75 Å². The average Bonchev–Trinajstić information content (AvgIpc) is 2.68. The smallest absolute Gasteiger partial charge is 0.241 e. The van der Waals surface area contributed by atoms with Gasteiger partial charge in [-0.25, -0.2) is 8.42 Å². The maximum atomic E-state index is 12.6. The zero-order valence-corrected chi connectivity index (χ0v) is 18.4. The summed E-state index contributed by atoms with van der Waals surface area (Å²) < 4.78 is 32.9. The molecule has 158 valence electrons. The molecule has 0 radical (unpaired) electrons. The molecular formula is C21H27ClN2O4S. The number of nitrogens with one attached hydrogen (secondary N) is 2. The standard InChI is InChI=1S/C21H27ClN2O4S/c1-4-28-20-13-12-18(14-19(20)22)29(26,27)24-16(3)21(25)23-15(2)10-11-17-8-6-5-7-9-17/h5-9,12-16,24H,4,10-11H2,1-3H3,(H,23,25)/t15-,16+/m0/s1. The summed E-state index contributed by atoms with van der Waals surface area (Å²) in [7, 11) is -3.90. The summed E-state index contributed by atoms with van der Waals surface area (Å²) in [5.41, 5.74) is 1.19. The summed E-state index contributed by atoms with van der Waals surface area (Å²) in [5.74, 6) is 0.0253. The number of sulfonamides is 1. The highest BCUT2D eigenvalue weighted by Gasteiger charge is 2.23. The highest BCUT2D eigenvalue weighted by Crippen LogP contribution is 2.27. The van der Waals surface area contributed by atoms with E-state index in [1.54, 1.807) is 0 Å². The number of carbonyl (C=O) groups excluding carboxylic acids is 1. The first-order valence-electron chi connectivity index (χ1n) is 9.52. The molecule has 0 bridgehead atoms. The lowest BCUT2D eigenvalue weighted by Crippen LogP contribution is -2.47. The van der Waals surface area contributed by atoms with Gasteiger partial charge >= 0.3 is 0 Å². The Labute approximate surface area is 177 Å². The van der Waals surface area contributed by atoms with E-state index in [2.05, 4.69) is 10.0 Å². The van der Waals surface area contributed by atoms with Crippen molar-refractivity contribution in [2.45, 2.75) is 50.6 Å². The van der Waals surface area contributed by atoms with E-state index in [0.717, 1.165) is 12.8 Å². The number of halogens is 1. The largest absolute Gasteiger partial charge is 0.492 e. The first kappa shape index (κ1) is 23.2. The molecule has 0 aliphatic rings. The van der Waals surface area contributed by atoms with Crippen LogP contribution < -0.4 is 14.8 Å². The van der Waals surface area contributed by atoms with Crippen LogP contribution in [0.25, 0.3) is 0 Å². The van der Waals surface area contributed by atoms with Gasteiger partial charge in [0.1, 0.15) is 5.75 Å². The van der Waals surface area contributed by atoms with Crippen molar-refractivity contribution in [2.75, 3.05) is 6.61 Å². The van der Waals surface area contributed by atoms with Gasteiger partial charge in [-0.3, -0.25) is 4.79 Å². The van der Waals surface area contributed by atoms with Gasteiger partial charge in [-0.15, -0.1) is 0 Å². The fourth-order valence-electron chi connectivity index (χ4n) is 2.74. The van der Waals surface area contributed by atoms with Crippen LogP contribution in [0, 0.1) is 0 Å². The molecule has 0 saturated heterocycles. The van der Waals surface area contributed by atoms with Gasteiger partial charge in [0.05, 0.1) is 22.6 Å². The number of ether oxygens (including phenoxy) is 1. The Kier molecular flexibility index (Phi) is 8.49. The Morgan fingerprint density at radius 1 is 1.14 bits per heavy atom. The fourth-order valence-corrected chi connectivity index (χ4v) is 4.27. The van der Waals surface area contributed by atoms with Crippen LogP contribution in [-0.4, -0.2) is 33.0 Å². The van der Waals surface area contributed by atoms with Crippen LogP contribution in [0.4, 0.5) is 0 Å². The summed E-state index contributed by atoms with van der Waals surface area (Å²) in [6.45, 7) is 5.63. The van der Waals surface area contributed by atoms with E-state index < -0.39 is 16.1 Å². The fraction of sp³-hybridized carbons (Fsp3) is 0.381. The molecular weight excluding hydrogens is 412 g/mol. The first-order chi connectivity index (χ1) is 13.7. The number of benzene rings is 2. The number of rotatable bonds is 10. The lowest BCUT2D eigenvalue weighted by atomic mass is 10.1. The predicted octanol–water partition coefficient (Wildman–Crippen LogP) is 3.54. The third kappa shape index (κ3) is 7.03. The molecule has 2 aromatic rings. The van der Waals surface area contributed by atoms with E-state index in [9.17, 15) is 13.2 Å². The zero-order valence-electron chi connectivity index (χ0n) is 16.8. The summed E-state index contributed by atoms with van der Waals surface area (Å²) in [4.78, 5) is 12.4. The molecule has 1 amide bonds. The van der Waals surface area contributed by atoms with Gasteiger partial charge < -0.3 is 10.1 Å². The third-order valence-electron chi connectivity index (χ3n) is 4.34. The number of amides is 1. The second-order valence-corrected chi connectivity index (χ2v) is 8.92. The van der Waals surface area contributed by atoms with E-state index >= 15 is 0 Å². The second kappa shape index (κ2) is 10.6. The maximum absolute atomic E-state index is 12.6. The molecule has 0 fully saturated rings. The van der Waals surface area contributed by atoms with Gasteiger partial charge in [0, 0.05) is 6.04 Å². The summed E-state index contributed by atoms with van der Waals surface area (Å²) in [6, 6.07) is 13.2. The topological polar surface area (TPSA) is 84.5 Å². The van der Waals surface area contributed by atoms with E-state index in [1.165, 1.54) is 30.7 Å². The molecule has 8 heteroatoms. The van der Waals surface area contributed by atoms with Crippen molar-refractivity contribution < 1.29 is 17.9 Å². The lowest BCUT2D eigenvalue weighted by molar-refractivity contribution is -0.123. The Morgan fingerprint density at radius 2 is 1.83 bits per heavy atom. The zero-order chi connectivity index (χ0) is 21.4. The van der Waals surface area contributed by atoms with Gasteiger partial charge in [0.2, 0.25) is 15.9 Å². The SMILES string of the molecule is CCOc1ccc(S(=O)(=O)N[C@H](C)C(=O)N[C@@H](C)CCc2ccccc2)cc1Cl. The number of carbonyl (C=O) groups is 1. The Balaban J connectivity index is 1.92. The molecule has 0 heterocycles. The van der Waals surface area contributed by atoms with Crippen LogP contribution in [0.2, 0.25) is 5.02 Å². The normalized spacial score (nSPS) is 13.5. The van der Waals surface area contributed by atoms with E-state index in [4.69, 9.17) is 16.3 Å². The van der Waals surface area contributed by atoms with Crippen LogP contribution in [0.1, 0.15) is 32.8 Å². The van der Waals surface area contributed by atoms with Crippen LogP contribution >= 0.6 is 11.6 Å². The van der Waals surface area contributed by atoms with Gasteiger partial charge in [0.25, 0.3) is 0 Å². The Hall–Kier alpha value is -2.09. The van der Waals surface area contributed by atoms with Crippen molar-refractivity contribution in [2.24, 2.45) is 0 Å². The van der Waals surface area contributed by atoms with Crippen LogP contribution in [0.15, 0.2) is 53.4 Å². The van der Waals surface area contributed by atoms with Gasteiger partial charge in [0.15, 0.2) is 0 Å². The molecule has 29 heavy (non-hydrogen) atoms. The molecule has 0 spiro atoms.